The molecule has 38 heavy (non-hydrogen) atoms. The van der Waals surface area contributed by atoms with Gasteiger partial charge in [-0.05, 0) is 55.3 Å². The van der Waals surface area contributed by atoms with Crippen LogP contribution in [0, 0.1) is 0 Å². The van der Waals surface area contributed by atoms with Crippen LogP contribution < -0.4 is 14.8 Å². The number of amides is 1. The molecule has 198 valence electrons. The van der Waals surface area contributed by atoms with E-state index in [9.17, 15) is 9.59 Å². The van der Waals surface area contributed by atoms with Crippen LogP contribution in [0.15, 0.2) is 54.6 Å². The summed E-state index contributed by atoms with van der Waals surface area (Å²) in [7, 11) is 3.12. The number of rotatable bonds is 11. The molecule has 0 radical (unpaired) electrons. The highest BCUT2D eigenvalue weighted by molar-refractivity contribution is 6.42. The van der Waals surface area contributed by atoms with Gasteiger partial charge in [0.1, 0.15) is 5.82 Å². The quantitative estimate of drug-likeness (QED) is 0.213. The maximum Gasteiger partial charge on any atom is 0.303 e. The first-order valence-corrected chi connectivity index (χ1v) is 12.7. The summed E-state index contributed by atoms with van der Waals surface area (Å²) < 4.78 is 12.8. The number of hydrogen-bond donors (Lipinski definition) is 2. The van der Waals surface area contributed by atoms with Crippen molar-refractivity contribution in [3.63, 3.8) is 0 Å². The number of carboxylic acids is 1. The number of aromatic nitrogens is 2. The number of para-hydroxylation sites is 1. The van der Waals surface area contributed by atoms with Crippen LogP contribution in [0.2, 0.25) is 10.0 Å². The van der Waals surface area contributed by atoms with E-state index in [0.717, 1.165) is 16.6 Å². The number of fused-ring (bicyclic) bond motifs is 1. The number of hydrogen-bond acceptors (Lipinski definition) is 5. The van der Waals surface area contributed by atoms with Gasteiger partial charge in [0.05, 0.1) is 35.3 Å². The Morgan fingerprint density at radius 3 is 2.53 bits per heavy atom. The van der Waals surface area contributed by atoms with Gasteiger partial charge in [-0.15, -0.1) is 0 Å². The van der Waals surface area contributed by atoms with E-state index in [-0.39, 0.29) is 18.9 Å². The SMILES string of the molecule is COc1cccc(CNC(=O)c2ccc3c(c2)nc(-c2ccc(Cl)c(Cl)c2)n3CCCCC(=O)O)c1OC. The number of halogens is 2. The summed E-state index contributed by atoms with van der Waals surface area (Å²) in [4.78, 5) is 28.8. The number of carbonyl (C=O) groups is 2. The standard InChI is InChI=1S/C28H27Cl2N3O5/c1-37-24-7-5-6-19(26(24)38-2)16-31-28(36)18-10-12-23-22(15-18)32-27(17-9-11-20(29)21(30)14-17)33(23)13-4-3-8-25(34)35/h5-7,9-12,14-15H,3-4,8,13,16H2,1-2H3,(H,31,36)(H,34,35). The summed E-state index contributed by atoms with van der Waals surface area (Å²) in [6, 6.07) is 16.1. The van der Waals surface area contributed by atoms with E-state index >= 15 is 0 Å². The number of unbranched alkanes of at least 4 members (excludes halogenated alkanes) is 1. The molecule has 0 fully saturated rings. The summed E-state index contributed by atoms with van der Waals surface area (Å²) in [5, 5.41) is 12.8. The van der Waals surface area contributed by atoms with E-state index in [4.69, 9.17) is 42.8 Å². The summed E-state index contributed by atoms with van der Waals surface area (Å²) in [6.45, 7) is 0.810. The summed E-state index contributed by atoms with van der Waals surface area (Å²) in [5.74, 6) is 0.729. The van der Waals surface area contributed by atoms with Gasteiger partial charge >= 0.3 is 5.97 Å². The van der Waals surface area contributed by atoms with Gasteiger partial charge in [0.2, 0.25) is 0 Å². The fraction of sp³-hybridized carbons (Fsp3) is 0.250. The van der Waals surface area contributed by atoms with Crippen LogP contribution in [0.1, 0.15) is 35.2 Å². The molecule has 10 heteroatoms. The lowest BCUT2D eigenvalue weighted by Crippen LogP contribution is -2.23. The monoisotopic (exact) mass is 555 g/mol. The molecule has 8 nitrogen and oxygen atoms in total. The number of benzene rings is 3. The Morgan fingerprint density at radius 2 is 1.82 bits per heavy atom. The second kappa shape index (κ2) is 12.2. The minimum absolute atomic E-state index is 0.0944. The minimum Gasteiger partial charge on any atom is -0.493 e. The fourth-order valence-electron chi connectivity index (χ4n) is 4.27. The first-order chi connectivity index (χ1) is 18.3. The highest BCUT2D eigenvalue weighted by atomic mass is 35.5. The molecular weight excluding hydrogens is 529 g/mol. The first-order valence-electron chi connectivity index (χ1n) is 12.0. The van der Waals surface area contributed by atoms with Gasteiger partial charge in [0, 0.05) is 36.2 Å². The largest absolute Gasteiger partial charge is 0.493 e. The Bertz CT molecular complexity index is 1490. The number of ether oxygens (including phenoxy) is 2. The predicted octanol–water partition coefficient (Wildman–Crippen LogP) is 6.21. The molecule has 1 heterocycles. The van der Waals surface area contributed by atoms with Gasteiger partial charge in [-0.2, -0.15) is 0 Å². The fourth-order valence-corrected chi connectivity index (χ4v) is 4.57. The van der Waals surface area contributed by atoms with Crippen molar-refractivity contribution in [2.24, 2.45) is 0 Å². The lowest BCUT2D eigenvalue weighted by atomic mass is 10.1. The second-order valence-corrected chi connectivity index (χ2v) is 9.42. The van der Waals surface area contributed by atoms with Gasteiger partial charge in [0.15, 0.2) is 11.5 Å². The summed E-state index contributed by atoms with van der Waals surface area (Å²) in [6.07, 6.45) is 1.28. The Kier molecular flexibility index (Phi) is 8.76. The van der Waals surface area contributed by atoms with E-state index < -0.39 is 5.97 Å². The number of carboxylic acid groups (broad SMARTS) is 1. The van der Waals surface area contributed by atoms with Crippen LogP contribution >= 0.6 is 23.2 Å². The molecular formula is C28H27Cl2N3O5. The van der Waals surface area contributed by atoms with Crippen molar-refractivity contribution in [1.82, 2.24) is 14.9 Å². The average molecular weight is 556 g/mol. The predicted molar refractivity (Wildman–Crippen MR) is 147 cm³/mol. The zero-order valence-electron chi connectivity index (χ0n) is 21.0. The maximum absolute atomic E-state index is 13.0. The van der Waals surface area contributed by atoms with Gasteiger partial charge in [-0.1, -0.05) is 35.3 Å². The second-order valence-electron chi connectivity index (χ2n) is 8.61. The van der Waals surface area contributed by atoms with Gasteiger partial charge in [-0.3, -0.25) is 9.59 Å². The van der Waals surface area contributed by atoms with Crippen molar-refractivity contribution in [3.05, 3.63) is 75.8 Å². The third-order valence-electron chi connectivity index (χ3n) is 6.13. The van der Waals surface area contributed by atoms with Crippen molar-refractivity contribution in [1.29, 1.82) is 0 Å². The van der Waals surface area contributed by atoms with Crippen LogP contribution in [0.3, 0.4) is 0 Å². The van der Waals surface area contributed by atoms with Gasteiger partial charge in [-0.25, -0.2) is 4.98 Å². The van der Waals surface area contributed by atoms with Gasteiger partial charge in [0.25, 0.3) is 5.91 Å². The molecule has 1 amide bonds. The van der Waals surface area contributed by atoms with Crippen molar-refractivity contribution in [2.45, 2.75) is 32.4 Å². The maximum atomic E-state index is 13.0. The molecule has 0 spiro atoms. The van der Waals surface area contributed by atoms with Crippen LogP contribution in [-0.2, 0) is 17.9 Å². The third kappa shape index (κ3) is 6.03. The Morgan fingerprint density at radius 1 is 1.00 bits per heavy atom. The third-order valence-corrected chi connectivity index (χ3v) is 6.87. The number of aryl methyl sites for hydroxylation is 1. The van der Waals surface area contributed by atoms with Crippen LogP contribution in [0.4, 0.5) is 0 Å². The molecule has 0 saturated heterocycles. The van der Waals surface area contributed by atoms with Crippen molar-refractivity contribution in [2.75, 3.05) is 14.2 Å². The molecule has 0 aliphatic heterocycles. The Labute approximate surface area is 230 Å². The summed E-state index contributed by atoms with van der Waals surface area (Å²) >= 11 is 12.4. The molecule has 0 atom stereocenters. The lowest BCUT2D eigenvalue weighted by Gasteiger charge is -2.13. The Hall–Kier alpha value is -3.75. The molecule has 0 aliphatic rings. The molecule has 0 saturated carbocycles. The Balaban J connectivity index is 1.62. The van der Waals surface area contributed by atoms with E-state index in [1.165, 1.54) is 0 Å². The van der Waals surface area contributed by atoms with E-state index in [1.54, 1.807) is 44.6 Å². The van der Waals surface area contributed by atoms with Crippen molar-refractivity contribution in [3.8, 4) is 22.9 Å². The highest BCUT2D eigenvalue weighted by Crippen LogP contribution is 2.32. The van der Waals surface area contributed by atoms with Crippen molar-refractivity contribution < 1.29 is 24.2 Å². The normalized spacial score (nSPS) is 10.9. The molecule has 0 aliphatic carbocycles. The number of nitrogens with zero attached hydrogens (tertiary/aromatic N) is 2. The van der Waals surface area contributed by atoms with Crippen LogP contribution in [0.5, 0.6) is 11.5 Å². The number of imidazole rings is 1. The van der Waals surface area contributed by atoms with Crippen molar-refractivity contribution >= 4 is 46.1 Å². The van der Waals surface area contributed by atoms with E-state index in [0.29, 0.717) is 57.8 Å². The topological polar surface area (TPSA) is 103 Å². The number of aliphatic carboxylic acids is 1. The van der Waals surface area contributed by atoms with Crippen LogP contribution in [-0.4, -0.2) is 40.8 Å². The zero-order chi connectivity index (χ0) is 27.2. The highest BCUT2D eigenvalue weighted by Gasteiger charge is 2.17. The smallest absolute Gasteiger partial charge is 0.303 e. The summed E-state index contributed by atoms with van der Waals surface area (Å²) in [5.41, 5.74) is 3.47. The number of nitrogens with one attached hydrogen (secondary N) is 1. The molecule has 4 aromatic rings. The molecule has 1 aromatic heterocycles. The first kappa shape index (κ1) is 27.3. The molecule has 2 N–H and O–H groups in total. The lowest BCUT2D eigenvalue weighted by molar-refractivity contribution is -0.137. The number of carbonyl (C=O) groups excluding carboxylic acids is 1. The number of methoxy groups -OCH3 is 2. The molecule has 0 unspecified atom stereocenters. The van der Waals surface area contributed by atoms with E-state index in [2.05, 4.69) is 5.32 Å². The minimum atomic E-state index is -0.826. The molecule has 0 bridgehead atoms. The van der Waals surface area contributed by atoms with Gasteiger partial charge < -0.3 is 24.5 Å². The van der Waals surface area contributed by atoms with Crippen LogP contribution in [0.25, 0.3) is 22.4 Å². The zero-order valence-corrected chi connectivity index (χ0v) is 22.5. The molecule has 3 aromatic carbocycles. The van der Waals surface area contributed by atoms with E-state index in [1.807, 2.05) is 28.8 Å². The average Bonchev–Trinajstić information content (AvgIpc) is 3.28. The molecule has 4 rings (SSSR count).